The Kier molecular flexibility index (Phi) is 4.03. The molecular formula is C11H13O2. The van der Waals surface area contributed by atoms with E-state index in [0.29, 0.717) is 0 Å². The van der Waals surface area contributed by atoms with E-state index in [1.54, 1.807) is 6.42 Å². The van der Waals surface area contributed by atoms with Crippen molar-refractivity contribution < 1.29 is 9.53 Å². The fourth-order valence-electron chi connectivity index (χ4n) is 1.08. The number of ether oxygens (including phenoxy) is 1. The smallest absolute Gasteiger partial charge is 0.309 e. The maximum absolute atomic E-state index is 10.7. The van der Waals surface area contributed by atoms with Crippen LogP contribution in [-0.4, -0.2) is 13.1 Å². The van der Waals surface area contributed by atoms with Crippen molar-refractivity contribution in [3.05, 3.63) is 42.3 Å². The summed E-state index contributed by atoms with van der Waals surface area (Å²) < 4.78 is 4.49. The molecule has 1 aromatic carbocycles. The van der Waals surface area contributed by atoms with Gasteiger partial charge in [0.25, 0.3) is 0 Å². The van der Waals surface area contributed by atoms with Crippen molar-refractivity contribution in [2.75, 3.05) is 7.11 Å². The minimum absolute atomic E-state index is 0.254. The van der Waals surface area contributed by atoms with E-state index < -0.39 is 0 Å². The lowest BCUT2D eigenvalue weighted by molar-refractivity contribution is -0.136. The average Bonchev–Trinajstić information content (AvgIpc) is 2.19. The van der Waals surface area contributed by atoms with E-state index in [2.05, 4.69) is 4.74 Å². The molecule has 0 aliphatic rings. The third-order valence-corrected chi connectivity index (χ3v) is 1.79. The Morgan fingerprint density at radius 3 is 2.69 bits per heavy atom. The highest BCUT2D eigenvalue weighted by Crippen LogP contribution is 2.03. The lowest BCUT2D eigenvalue weighted by atomic mass is 10.1. The molecule has 0 saturated carbocycles. The molecule has 0 atom stereocenters. The van der Waals surface area contributed by atoms with E-state index in [1.165, 1.54) is 12.7 Å². The second kappa shape index (κ2) is 5.36. The Bertz CT molecular complexity index is 254. The van der Waals surface area contributed by atoms with Crippen LogP contribution in [0, 0.1) is 6.42 Å². The van der Waals surface area contributed by atoms with Gasteiger partial charge in [0, 0.05) is 0 Å². The molecule has 0 spiro atoms. The first kappa shape index (κ1) is 9.78. The van der Waals surface area contributed by atoms with Crippen LogP contribution in [0.1, 0.15) is 12.0 Å². The quantitative estimate of drug-likeness (QED) is 0.657. The number of esters is 1. The summed E-state index contributed by atoms with van der Waals surface area (Å²) in [5.41, 5.74) is 1.24. The largest absolute Gasteiger partial charge is 0.469 e. The van der Waals surface area contributed by atoms with Crippen LogP contribution in [0.4, 0.5) is 0 Å². The van der Waals surface area contributed by atoms with Gasteiger partial charge >= 0.3 is 5.97 Å². The third-order valence-electron chi connectivity index (χ3n) is 1.79. The fraction of sp³-hybridized carbons (Fsp3) is 0.273. The van der Waals surface area contributed by atoms with Gasteiger partial charge in [-0.15, -0.1) is 0 Å². The molecule has 0 aromatic heterocycles. The zero-order chi connectivity index (χ0) is 9.52. The highest BCUT2D eigenvalue weighted by molar-refractivity contribution is 5.78. The van der Waals surface area contributed by atoms with E-state index in [-0.39, 0.29) is 5.97 Å². The van der Waals surface area contributed by atoms with Crippen LogP contribution in [0.15, 0.2) is 30.3 Å². The molecule has 0 heterocycles. The molecule has 0 unspecified atom stereocenters. The van der Waals surface area contributed by atoms with Crippen LogP contribution in [0.3, 0.4) is 0 Å². The van der Waals surface area contributed by atoms with Crippen LogP contribution in [0.25, 0.3) is 0 Å². The lowest BCUT2D eigenvalue weighted by Crippen LogP contribution is -2.01. The van der Waals surface area contributed by atoms with Crippen molar-refractivity contribution in [2.24, 2.45) is 0 Å². The van der Waals surface area contributed by atoms with E-state index in [1.807, 2.05) is 30.3 Å². The number of hydrogen-bond acceptors (Lipinski definition) is 2. The molecule has 0 saturated heterocycles. The van der Waals surface area contributed by atoms with Crippen LogP contribution in [-0.2, 0) is 16.0 Å². The topological polar surface area (TPSA) is 26.3 Å². The lowest BCUT2D eigenvalue weighted by Gasteiger charge is -1.99. The highest BCUT2D eigenvalue weighted by Gasteiger charge is 2.00. The predicted octanol–water partition coefficient (Wildman–Crippen LogP) is 2.00. The molecule has 0 bridgehead atoms. The van der Waals surface area contributed by atoms with Crippen molar-refractivity contribution in [3.63, 3.8) is 0 Å². The summed E-state index contributed by atoms with van der Waals surface area (Å²) in [4.78, 5) is 10.7. The van der Waals surface area contributed by atoms with Gasteiger partial charge in [0.15, 0.2) is 0 Å². The Labute approximate surface area is 78.5 Å². The molecule has 2 nitrogen and oxygen atoms in total. The van der Waals surface area contributed by atoms with Crippen molar-refractivity contribution in [1.82, 2.24) is 0 Å². The Hall–Kier alpha value is -1.31. The predicted molar refractivity (Wildman–Crippen MR) is 51.1 cm³/mol. The van der Waals surface area contributed by atoms with Gasteiger partial charge in [-0.2, -0.15) is 0 Å². The zero-order valence-electron chi connectivity index (χ0n) is 7.69. The maximum atomic E-state index is 10.7. The minimum Gasteiger partial charge on any atom is -0.469 e. The first-order valence-corrected chi connectivity index (χ1v) is 4.28. The molecular weight excluding hydrogens is 164 g/mol. The first-order valence-electron chi connectivity index (χ1n) is 4.28. The number of carbonyl (C=O) groups is 1. The van der Waals surface area contributed by atoms with Gasteiger partial charge in [-0.25, -0.2) is 0 Å². The maximum Gasteiger partial charge on any atom is 0.309 e. The van der Waals surface area contributed by atoms with Gasteiger partial charge in [-0.1, -0.05) is 30.3 Å². The highest BCUT2D eigenvalue weighted by atomic mass is 16.5. The number of rotatable bonds is 4. The van der Waals surface area contributed by atoms with Crippen molar-refractivity contribution >= 4 is 5.97 Å². The molecule has 0 aliphatic heterocycles. The van der Waals surface area contributed by atoms with Crippen LogP contribution >= 0.6 is 0 Å². The van der Waals surface area contributed by atoms with Crippen LogP contribution in [0.5, 0.6) is 0 Å². The summed E-state index contributed by atoms with van der Waals surface area (Å²) in [6.07, 6.45) is 3.18. The van der Waals surface area contributed by atoms with Gasteiger partial charge in [-0.3, -0.25) is 4.79 Å². The number of methoxy groups -OCH3 is 1. The number of hydrogen-bond donors (Lipinski definition) is 0. The standard InChI is InChI=1S/C11H13O2/c1-13-11(12)9-5-8-10-6-3-2-4-7-10/h2-4,6-7,9H,5,8H2,1H3. The second-order valence-corrected chi connectivity index (χ2v) is 2.75. The molecule has 0 N–H and O–H groups in total. The van der Waals surface area contributed by atoms with Gasteiger partial charge in [0.1, 0.15) is 0 Å². The summed E-state index contributed by atoms with van der Waals surface area (Å²) in [7, 11) is 1.39. The monoisotopic (exact) mass is 177 g/mol. The van der Waals surface area contributed by atoms with Gasteiger partial charge < -0.3 is 4.74 Å². The van der Waals surface area contributed by atoms with Gasteiger partial charge in [-0.05, 0) is 18.4 Å². The summed E-state index contributed by atoms with van der Waals surface area (Å²) >= 11 is 0. The fourth-order valence-corrected chi connectivity index (χ4v) is 1.08. The minimum atomic E-state index is -0.254. The van der Waals surface area contributed by atoms with E-state index in [0.717, 1.165) is 12.8 Å². The van der Waals surface area contributed by atoms with E-state index >= 15 is 0 Å². The summed E-state index contributed by atoms with van der Waals surface area (Å²) in [6, 6.07) is 10.1. The number of benzene rings is 1. The SMILES string of the molecule is COC(=O)[CH]CCc1ccccc1. The molecule has 0 amide bonds. The zero-order valence-corrected chi connectivity index (χ0v) is 7.69. The van der Waals surface area contributed by atoms with Crippen molar-refractivity contribution in [2.45, 2.75) is 12.8 Å². The molecule has 1 radical (unpaired) electrons. The summed E-state index contributed by atoms with van der Waals surface area (Å²) in [5, 5.41) is 0. The summed E-state index contributed by atoms with van der Waals surface area (Å²) in [6.45, 7) is 0. The van der Waals surface area contributed by atoms with Crippen LogP contribution < -0.4 is 0 Å². The van der Waals surface area contributed by atoms with Gasteiger partial charge in [0.05, 0.1) is 13.5 Å². The van der Waals surface area contributed by atoms with Crippen molar-refractivity contribution in [1.29, 1.82) is 0 Å². The Balaban J connectivity index is 2.24. The normalized spacial score (nSPS) is 9.62. The number of aryl methyl sites for hydroxylation is 1. The molecule has 0 fully saturated rings. The number of carbonyl (C=O) groups excluding carboxylic acids is 1. The third kappa shape index (κ3) is 3.74. The molecule has 2 heteroatoms. The van der Waals surface area contributed by atoms with Crippen LogP contribution in [0.2, 0.25) is 0 Å². The second-order valence-electron chi connectivity index (χ2n) is 2.75. The Morgan fingerprint density at radius 2 is 2.08 bits per heavy atom. The van der Waals surface area contributed by atoms with E-state index in [4.69, 9.17) is 0 Å². The molecule has 1 rings (SSSR count). The average molecular weight is 177 g/mol. The van der Waals surface area contributed by atoms with Crippen molar-refractivity contribution in [3.8, 4) is 0 Å². The molecule has 13 heavy (non-hydrogen) atoms. The summed E-state index contributed by atoms with van der Waals surface area (Å²) in [5.74, 6) is -0.254. The molecule has 0 aliphatic carbocycles. The molecule has 1 aromatic rings. The van der Waals surface area contributed by atoms with Gasteiger partial charge in [0.2, 0.25) is 0 Å². The first-order chi connectivity index (χ1) is 6.33. The molecule has 69 valence electrons. The Morgan fingerprint density at radius 1 is 1.38 bits per heavy atom. The van der Waals surface area contributed by atoms with E-state index in [9.17, 15) is 4.79 Å².